The topological polar surface area (TPSA) is 76.4 Å². The number of rotatable bonds is 0. The van der Waals surface area contributed by atoms with Crippen molar-refractivity contribution in [3.63, 3.8) is 0 Å². The van der Waals surface area contributed by atoms with Crippen LogP contribution in [0, 0.1) is 0 Å². The van der Waals surface area contributed by atoms with Gasteiger partial charge in [-0.05, 0) is 12.1 Å². The van der Waals surface area contributed by atoms with Crippen molar-refractivity contribution in [3.8, 4) is 0 Å². The van der Waals surface area contributed by atoms with E-state index in [2.05, 4.69) is 16.0 Å². The standard InChI is InChI=1S/C3H4N3O2.3Y/c7-2-4-1-5-3(8)6-2;;;/h1H2,(H2-,4,5,6,7,8);;;/q-1;;;/p-2. The SMILES string of the molecule is O=C1[N-]C[N-]C(=O)[N-]1.[Y].[Y].[Y]. The van der Waals surface area contributed by atoms with E-state index in [4.69, 9.17) is 0 Å². The maximum absolute atomic E-state index is 10.1. The first kappa shape index (κ1) is 18.8. The molecular formula is C3H2N3O2Y3-3. The molecule has 0 aliphatic carbocycles. The molecule has 0 aromatic heterocycles. The second kappa shape index (κ2) is 10.1. The summed E-state index contributed by atoms with van der Waals surface area (Å²) >= 11 is 0. The molecule has 0 bridgehead atoms. The summed E-state index contributed by atoms with van der Waals surface area (Å²) in [5.41, 5.74) is 0. The van der Waals surface area contributed by atoms with Gasteiger partial charge in [0.05, 0.1) is 0 Å². The van der Waals surface area contributed by atoms with Crippen LogP contribution in [0.5, 0.6) is 0 Å². The second-order valence-corrected chi connectivity index (χ2v) is 1.13. The van der Waals surface area contributed by atoms with Crippen molar-refractivity contribution < 1.29 is 108 Å². The molecule has 3 radical (unpaired) electrons. The van der Waals surface area contributed by atoms with E-state index in [1.807, 2.05) is 0 Å². The Morgan fingerprint density at radius 2 is 1.27 bits per heavy atom. The van der Waals surface area contributed by atoms with Gasteiger partial charge in [-0.1, -0.05) is 0 Å². The number of hydrogen-bond donors (Lipinski definition) is 0. The molecule has 0 saturated carbocycles. The number of carbonyl (C=O) groups is 2. The maximum Gasteiger partial charge on any atom is 0 e. The van der Waals surface area contributed by atoms with Gasteiger partial charge in [0.1, 0.15) is 0 Å². The van der Waals surface area contributed by atoms with Crippen LogP contribution in [0.15, 0.2) is 0 Å². The molecule has 0 atom stereocenters. The van der Waals surface area contributed by atoms with Gasteiger partial charge in [-0.3, -0.25) is 0 Å². The summed E-state index contributed by atoms with van der Waals surface area (Å²) in [4.78, 5) is 20.1. The first-order chi connectivity index (χ1) is 3.79. The normalized spacial score (nSPS) is 13.5. The van der Waals surface area contributed by atoms with Crippen molar-refractivity contribution in [2.24, 2.45) is 0 Å². The minimum absolute atomic E-state index is 0. The zero-order valence-corrected chi connectivity index (χ0v) is 14.1. The minimum atomic E-state index is -0.731. The molecule has 0 spiro atoms. The van der Waals surface area contributed by atoms with Gasteiger partial charge in [-0.2, -0.15) is 0 Å². The molecule has 1 aliphatic rings. The van der Waals surface area contributed by atoms with Crippen LogP contribution >= 0.6 is 0 Å². The van der Waals surface area contributed by atoms with E-state index in [1.54, 1.807) is 0 Å². The average molecular weight is 379 g/mol. The van der Waals surface area contributed by atoms with Crippen molar-refractivity contribution >= 4 is 12.1 Å². The van der Waals surface area contributed by atoms with E-state index in [-0.39, 0.29) is 105 Å². The number of hydrogen-bond acceptors (Lipinski definition) is 2. The minimum Gasteiger partial charge on any atom is -0.684 e. The summed E-state index contributed by atoms with van der Waals surface area (Å²) in [6, 6.07) is -1.46. The Labute approximate surface area is 140 Å². The number of imide groups is 1. The first-order valence-corrected chi connectivity index (χ1v) is 1.94. The fraction of sp³-hybridized carbons (Fsp3) is 0.333. The fourth-order valence-electron chi connectivity index (χ4n) is 0.309. The molecule has 0 unspecified atom stereocenters. The quantitative estimate of drug-likeness (QED) is 0.637. The van der Waals surface area contributed by atoms with Crippen LogP contribution in [-0.2, 0) is 98.1 Å². The Kier molecular flexibility index (Phi) is 17.3. The van der Waals surface area contributed by atoms with Crippen LogP contribution in [0.3, 0.4) is 0 Å². The Bertz CT molecular complexity index is 128. The van der Waals surface area contributed by atoms with Crippen LogP contribution < -0.4 is 0 Å². The zero-order chi connectivity index (χ0) is 5.98. The average Bonchev–Trinajstić information content (AvgIpc) is 1.64. The number of nitrogens with zero attached hydrogens (tertiary/aromatic N) is 3. The van der Waals surface area contributed by atoms with Gasteiger partial charge >= 0.3 is 0 Å². The molecule has 1 rings (SSSR count). The van der Waals surface area contributed by atoms with Crippen LogP contribution in [0.25, 0.3) is 16.0 Å². The summed E-state index contributed by atoms with van der Waals surface area (Å²) in [5, 5.41) is 9.25. The molecule has 0 aromatic rings. The summed E-state index contributed by atoms with van der Waals surface area (Å²) in [6.07, 6.45) is 0. The Morgan fingerprint density at radius 3 is 1.45 bits per heavy atom. The van der Waals surface area contributed by atoms with Crippen LogP contribution in [-0.4, -0.2) is 18.7 Å². The Morgan fingerprint density at radius 1 is 0.909 bits per heavy atom. The van der Waals surface area contributed by atoms with E-state index >= 15 is 0 Å². The van der Waals surface area contributed by atoms with Gasteiger partial charge < -0.3 is 25.5 Å². The third kappa shape index (κ3) is 8.38. The number of urea groups is 2. The van der Waals surface area contributed by atoms with Crippen LogP contribution in [0.2, 0.25) is 0 Å². The molecule has 53 valence electrons. The number of amides is 4. The summed E-state index contributed by atoms with van der Waals surface area (Å²) in [7, 11) is 0. The maximum atomic E-state index is 10.1. The Balaban J connectivity index is -0.000000213. The van der Waals surface area contributed by atoms with E-state index < -0.39 is 12.1 Å². The molecular weight excluding hydrogens is 377 g/mol. The van der Waals surface area contributed by atoms with Crippen molar-refractivity contribution in [1.29, 1.82) is 0 Å². The van der Waals surface area contributed by atoms with Gasteiger partial charge in [-0.25, -0.2) is 6.67 Å². The van der Waals surface area contributed by atoms with Crippen LogP contribution in [0.1, 0.15) is 0 Å². The number of carbonyl (C=O) groups excluding carboxylic acids is 2. The van der Waals surface area contributed by atoms with Gasteiger partial charge in [0.2, 0.25) is 0 Å². The molecule has 4 amide bonds. The molecule has 11 heavy (non-hydrogen) atoms. The van der Waals surface area contributed by atoms with Gasteiger partial charge in [0.25, 0.3) is 0 Å². The van der Waals surface area contributed by atoms with Crippen molar-refractivity contribution in [2.75, 3.05) is 6.67 Å². The van der Waals surface area contributed by atoms with Crippen LogP contribution in [0.4, 0.5) is 9.59 Å². The third-order valence-electron chi connectivity index (χ3n) is 0.603. The van der Waals surface area contributed by atoms with Crippen molar-refractivity contribution in [3.05, 3.63) is 16.0 Å². The molecule has 1 saturated heterocycles. The van der Waals surface area contributed by atoms with Gasteiger partial charge in [0, 0.05) is 98.1 Å². The molecule has 8 heteroatoms. The molecule has 1 aliphatic heterocycles. The monoisotopic (exact) mass is 379 g/mol. The molecule has 0 N–H and O–H groups in total. The molecule has 1 fully saturated rings. The largest absolute Gasteiger partial charge is 0.684 e. The van der Waals surface area contributed by atoms with E-state index in [9.17, 15) is 9.59 Å². The Hall–Kier alpha value is 2.05. The van der Waals surface area contributed by atoms with Gasteiger partial charge in [-0.15, -0.1) is 0 Å². The summed E-state index contributed by atoms with van der Waals surface area (Å²) < 4.78 is 0. The van der Waals surface area contributed by atoms with Gasteiger partial charge in [0.15, 0.2) is 0 Å². The summed E-state index contributed by atoms with van der Waals surface area (Å²) in [5.74, 6) is 0. The zero-order valence-electron chi connectivity index (χ0n) is 5.60. The van der Waals surface area contributed by atoms with E-state index in [0.29, 0.717) is 0 Å². The molecule has 0 aromatic carbocycles. The predicted molar refractivity (Wildman–Crippen MR) is 25.7 cm³/mol. The van der Waals surface area contributed by atoms with Crippen molar-refractivity contribution in [2.45, 2.75) is 0 Å². The second-order valence-electron chi connectivity index (χ2n) is 1.13. The molecule has 5 nitrogen and oxygen atoms in total. The smallest absolute Gasteiger partial charge is 0 e. The predicted octanol–water partition coefficient (Wildman–Crippen LogP) is 1.31. The summed E-state index contributed by atoms with van der Waals surface area (Å²) in [6.45, 7) is -0.0683. The molecule has 1 heterocycles. The fourth-order valence-corrected chi connectivity index (χ4v) is 0.309. The third-order valence-corrected chi connectivity index (χ3v) is 0.603. The van der Waals surface area contributed by atoms with Crippen molar-refractivity contribution in [1.82, 2.24) is 0 Å². The van der Waals surface area contributed by atoms with E-state index in [1.165, 1.54) is 0 Å². The first-order valence-electron chi connectivity index (χ1n) is 1.94. The van der Waals surface area contributed by atoms with E-state index in [0.717, 1.165) is 0 Å².